The third kappa shape index (κ3) is 5.72. The first-order chi connectivity index (χ1) is 17.2. The third-order valence-electron chi connectivity index (χ3n) is 5.65. The Labute approximate surface area is 230 Å². The van der Waals surface area contributed by atoms with Crippen molar-refractivity contribution in [2.45, 2.75) is 16.4 Å². The minimum atomic E-state index is -4.64. The van der Waals surface area contributed by atoms with Crippen LogP contribution in [0.5, 0.6) is 0 Å². The van der Waals surface area contributed by atoms with Crippen LogP contribution in [0.1, 0.15) is 27.4 Å². The highest BCUT2D eigenvalue weighted by Crippen LogP contribution is 2.65. The highest BCUT2D eigenvalue weighted by molar-refractivity contribution is 9.10. The van der Waals surface area contributed by atoms with E-state index in [1.165, 1.54) is 30.3 Å². The lowest BCUT2D eigenvalue weighted by atomic mass is 10.0. The Morgan fingerprint density at radius 3 is 2.30 bits per heavy atom. The van der Waals surface area contributed by atoms with Crippen LogP contribution in [-0.4, -0.2) is 16.1 Å². The predicted octanol–water partition coefficient (Wildman–Crippen LogP) is 8.18. The zero-order valence-corrected chi connectivity index (χ0v) is 21.9. The van der Waals surface area contributed by atoms with Gasteiger partial charge in [0.1, 0.15) is 16.0 Å². The minimum Gasteiger partial charge on any atom is -0.326 e. The summed E-state index contributed by atoms with van der Waals surface area (Å²) in [6, 6.07) is 9.92. The SMILES string of the molecule is O=C(Nc1ccc(F)cc1F)c1cc(NC(=O)C2C(c3ccc(Br)c(C(F)(F)F)c3)C2(Cl)Cl)ccc1Cl. The molecule has 4 rings (SSSR count). The van der Waals surface area contributed by atoms with Crippen LogP contribution in [0.2, 0.25) is 5.02 Å². The molecule has 3 aromatic rings. The van der Waals surface area contributed by atoms with Crippen molar-refractivity contribution >= 4 is 73.9 Å². The summed E-state index contributed by atoms with van der Waals surface area (Å²) < 4.78 is 65.1. The van der Waals surface area contributed by atoms with Gasteiger partial charge in [0, 0.05) is 22.1 Å². The maximum absolute atomic E-state index is 13.9. The highest BCUT2D eigenvalue weighted by atomic mass is 79.9. The summed E-state index contributed by atoms with van der Waals surface area (Å²) in [6.07, 6.45) is -4.64. The monoisotopic (exact) mass is 640 g/mol. The van der Waals surface area contributed by atoms with E-state index in [2.05, 4.69) is 26.6 Å². The average Bonchev–Trinajstić information content (AvgIpc) is 3.38. The van der Waals surface area contributed by atoms with Crippen molar-refractivity contribution in [2.75, 3.05) is 10.6 Å². The Morgan fingerprint density at radius 2 is 1.65 bits per heavy atom. The normalized spacial score (nSPS) is 18.3. The van der Waals surface area contributed by atoms with Gasteiger partial charge in [0.05, 0.1) is 27.8 Å². The smallest absolute Gasteiger partial charge is 0.326 e. The van der Waals surface area contributed by atoms with E-state index < -0.39 is 51.4 Å². The first-order valence-electron chi connectivity index (χ1n) is 10.3. The molecular weight excluding hydrogens is 630 g/mol. The Bertz CT molecular complexity index is 1420. The topological polar surface area (TPSA) is 58.2 Å². The summed E-state index contributed by atoms with van der Waals surface area (Å²) in [5, 5.41) is 4.75. The molecule has 194 valence electrons. The fourth-order valence-corrected chi connectivity index (χ4v) is 5.30. The number of rotatable bonds is 5. The number of hydrogen-bond donors (Lipinski definition) is 2. The molecule has 13 heteroatoms. The van der Waals surface area contributed by atoms with E-state index in [0.717, 1.165) is 18.2 Å². The number of nitrogens with one attached hydrogen (secondary N) is 2. The molecule has 0 aromatic heterocycles. The van der Waals surface area contributed by atoms with E-state index in [1.807, 2.05) is 0 Å². The van der Waals surface area contributed by atoms with Crippen LogP contribution in [0.3, 0.4) is 0 Å². The molecule has 0 saturated heterocycles. The molecule has 1 fully saturated rings. The van der Waals surface area contributed by atoms with Gasteiger partial charge in [-0.1, -0.05) is 33.6 Å². The van der Waals surface area contributed by atoms with Gasteiger partial charge < -0.3 is 10.6 Å². The molecular formula is C24H13BrCl3F5N2O2. The molecule has 1 aliphatic rings. The number of alkyl halides is 5. The Kier molecular flexibility index (Phi) is 7.51. The van der Waals surface area contributed by atoms with Gasteiger partial charge in [-0.25, -0.2) is 8.78 Å². The molecule has 1 aliphatic carbocycles. The van der Waals surface area contributed by atoms with Gasteiger partial charge in [-0.3, -0.25) is 9.59 Å². The first-order valence-corrected chi connectivity index (χ1v) is 12.2. The zero-order chi connectivity index (χ0) is 27.3. The lowest BCUT2D eigenvalue weighted by molar-refractivity contribution is -0.138. The van der Waals surface area contributed by atoms with Crippen LogP contribution in [-0.2, 0) is 11.0 Å². The number of hydrogen-bond acceptors (Lipinski definition) is 2. The quantitative estimate of drug-likeness (QED) is 0.218. The van der Waals surface area contributed by atoms with Crippen molar-refractivity contribution in [1.29, 1.82) is 0 Å². The summed E-state index contributed by atoms with van der Waals surface area (Å²) in [6.45, 7) is 0. The van der Waals surface area contributed by atoms with Gasteiger partial charge in [0.2, 0.25) is 5.91 Å². The molecule has 1 saturated carbocycles. The summed E-state index contributed by atoms with van der Waals surface area (Å²) in [5.74, 6) is -5.40. The standard InChI is InChI=1S/C24H13BrCl3F5N2O2/c25-15-4-1-10(7-14(15)24(31,32)33)19-20(23(19,27)28)22(37)34-12-3-5-16(26)13(9-12)21(36)35-18-6-2-11(29)8-17(18)30/h1-9,19-20H,(H,34,37)(H,35,36). The van der Waals surface area contributed by atoms with E-state index in [4.69, 9.17) is 34.8 Å². The highest BCUT2D eigenvalue weighted by Gasteiger charge is 2.67. The Balaban J connectivity index is 1.53. The second-order valence-electron chi connectivity index (χ2n) is 8.13. The molecule has 0 radical (unpaired) electrons. The molecule has 2 unspecified atom stereocenters. The molecule has 3 aromatic carbocycles. The van der Waals surface area contributed by atoms with Crippen LogP contribution >= 0.6 is 50.7 Å². The second-order valence-corrected chi connectivity index (χ2v) is 10.8. The Morgan fingerprint density at radius 1 is 0.946 bits per heavy atom. The molecule has 0 heterocycles. The van der Waals surface area contributed by atoms with E-state index in [0.29, 0.717) is 6.07 Å². The van der Waals surface area contributed by atoms with Gasteiger partial charge in [0.15, 0.2) is 0 Å². The van der Waals surface area contributed by atoms with Crippen molar-refractivity contribution in [3.8, 4) is 0 Å². The summed E-state index contributed by atoms with van der Waals surface area (Å²) in [7, 11) is 0. The van der Waals surface area contributed by atoms with Crippen molar-refractivity contribution < 1.29 is 31.5 Å². The molecule has 2 N–H and O–H groups in total. The van der Waals surface area contributed by atoms with Crippen molar-refractivity contribution in [3.63, 3.8) is 0 Å². The summed E-state index contributed by atoms with van der Waals surface area (Å²) >= 11 is 21.5. The molecule has 2 atom stereocenters. The molecule has 2 amide bonds. The Hall–Kier alpha value is -2.40. The van der Waals surface area contributed by atoms with Crippen LogP contribution in [0.25, 0.3) is 0 Å². The molecule has 0 bridgehead atoms. The van der Waals surface area contributed by atoms with Crippen LogP contribution < -0.4 is 10.6 Å². The van der Waals surface area contributed by atoms with Gasteiger partial charge in [-0.15, -0.1) is 23.2 Å². The molecule has 0 spiro atoms. The van der Waals surface area contributed by atoms with Gasteiger partial charge in [-0.05, 0) is 48.0 Å². The largest absolute Gasteiger partial charge is 0.417 e. The summed E-state index contributed by atoms with van der Waals surface area (Å²) in [4.78, 5) is 25.6. The van der Waals surface area contributed by atoms with E-state index in [-0.39, 0.29) is 32.0 Å². The fourth-order valence-electron chi connectivity index (χ4n) is 3.80. The molecule has 0 aliphatic heterocycles. The second kappa shape index (κ2) is 10.1. The predicted molar refractivity (Wildman–Crippen MR) is 134 cm³/mol. The van der Waals surface area contributed by atoms with E-state index in [9.17, 15) is 31.5 Å². The van der Waals surface area contributed by atoms with Crippen LogP contribution in [0, 0.1) is 17.6 Å². The van der Waals surface area contributed by atoms with Crippen molar-refractivity contribution in [1.82, 2.24) is 0 Å². The number of carbonyl (C=O) groups is 2. The fraction of sp³-hybridized carbons (Fsp3) is 0.167. The number of carbonyl (C=O) groups excluding carboxylic acids is 2. The van der Waals surface area contributed by atoms with Crippen LogP contribution in [0.4, 0.5) is 33.3 Å². The van der Waals surface area contributed by atoms with E-state index in [1.54, 1.807) is 0 Å². The van der Waals surface area contributed by atoms with Gasteiger partial charge in [-0.2, -0.15) is 13.2 Å². The minimum absolute atomic E-state index is 0.0270. The maximum atomic E-state index is 13.9. The molecule has 4 nitrogen and oxygen atoms in total. The number of anilines is 2. The number of halogens is 9. The van der Waals surface area contributed by atoms with E-state index >= 15 is 0 Å². The number of amides is 2. The van der Waals surface area contributed by atoms with Gasteiger partial charge in [0.25, 0.3) is 5.91 Å². The zero-order valence-electron chi connectivity index (χ0n) is 18.1. The van der Waals surface area contributed by atoms with Crippen LogP contribution in [0.15, 0.2) is 59.1 Å². The van der Waals surface area contributed by atoms with Gasteiger partial charge >= 0.3 is 6.18 Å². The summed E-state index contributed by atoms with van der Waals surface area (Å²) in [5.41, 5.74) is -1.15. The average molecular weight is 643 g/mol. The lowest BCUT2D eigenvalue weighted by Gasteiger charge is -2.12. The van der Waals surface area contributed by atoms with Crippen molar-refractivity contribution in [3.05, 3.63) is 92.4 Å². The first kappa shape index (κ1) is 27.6. The molecule has 37 heavy (non-hydrogen) atoms. The third-order valence-corrected chi connectivity index (χ3v) is 7.61. The lowest BCUT2D eigenvalue weighted by Crippen LogP contribution is -2.18. The maximum Gasteiger partial charge on any atom is 0.417 e. The van der Waals surface area contributed by atoms with Crippen molar-refractivity contribution in [2.24, 2.45) is 5.92 Å². The number of benzene rings is 3.